The molecular formula is C12H16ClFN2O. The van der Waals surface area contributed by atoms with E-state index in [2.05, 4.69) is 5.32 Å². The monoisotopic (exact) mass is 258 g/mol. The lowest BCUT2D eigenvalue weighted by Gasteiger charge is -2.25. The Kier molecular flexibility index (Phi) is 4.48. The molecule has 17 heavy (non-hydrogen) atoms. The summed E-state index contributed by atoms with van der Waals surface area (Å²) in [6, 6.07) is 4.01. The van der Waals surface area contributed by atoms with Crippen LogP contribution in [0, 0.1) is 5.82 Å². The number of carbonyl (C=O) groups is 1. The van der Waals surface area contributed by atoms with E-state index in [1.807, 2.05) is 13.8 Å². The van der Waals surface area contributed by atoms with E-state index in [0.717, 1.165) is 0 Å². The molecule has 1 aromatic rings. The highest BCUT2D eigenvalue weighted by Crippen LogP contribution is 2.21. The zero-order valence-corrected chi connectivity index (χ0v) is 10.6. The molecule has 0 aromatic heterocycles. The Hall–Kier alpha value is -1.13. The summed E-state index contributed by atoms with van der Waals surface area (Å²) in [5, 5.41) is 2.61. The zero-order chi connectivity index (χ0) is 13.1. The van der Waals surface area contributed by atoms with Gasteiger partial charge in [-0.3, -0.25) is 4.79 Å². The van der Waals surface area contributed by atoms with Crippen LogP contribution in [0.3, 0.4) is 0 Å². The summed E-state index contributed by atoms with van der Waals surface area (Å²) in [6.07, 6.45) is 1.06. The second-order valence-electron chi connectivity index (χ2n) is 3.95. The number of carbonyl (C=O) groups excluding carboxylic acids is 1. The normalized spacial score (nSPS) is 11.4. The van der Waals surface area contributed by atoms with Crippen LogP contribution in [-0.2, 0) is 4.79 Å². The molecule has 0 atom stereocenters. The van der Waals surface area contributed by atoms with Crippen molar-refractivity contribution in [2.75, 3.05) is 5.32 Å². The van der Waals surface area contributed by atoms with Gasteiger partial charge >= 0.3 is 0 Å². The third kappa shape index (κ3) is 3.17. The largest absolute Gasteiger partial charge is 0.324 e. The van der Waals surface area contributed by atoms with Gasteiger partial charge < -0.3 is 11.1 Å². The summed E-state index contributed by atoms with van der Waals surface area (Å²) >= 11 is 5.62. The van der Waals surface area contributed by atoms with E-state index >= 15 is 0 Å². The second-order valence-corrected chi connectivity index (χ2v) is 4.35. The molecule has 1 aromatic carbocycles. The van der Waals surface area contributed by atoms with Crippen molar-refractivity contribution in [2.24, 2.45) is 5.73 Å². The van der Waals surface area contributed by atoms with E-state index < -0.39 is 11.4 Å². The van der Waals surface area contributed by atoms with Gasteiger partial charge in [0.2, 0.25) is 5.91 Å². The Bertz CT molecular complexity index is 419. The van der Waals surface area contributed by atoms with Crippen molar-refractivity contribution >= 4 is 23.2 Å². The Balaban J connectivity index is 2.84. The molecule has 0 fully saturated rings. The number of amides is 1. The first-order valence-corrected chi connectivity index (χ1v) is 5.86. The number of nitrogens with one attached hydrogen (secondary N) is 1. The minimum absolute atomic E-state index is 0.0292. The van der Waals surface area contributed by atoms with E-state index in [1.165, 1.54) is 18.2 Å². The average molecular weight is 259 g/mol. The first-order chi connectivity index (χ1) is 7.92. The Labute approximate surface area is 105 Å². The van der Waals surface area contributed by atoms with Gasteiger partial charge in [-0.15, -0.1) is 0 Å². The smallest absolute Gasteiger partial charge is 0.244 e. The number of halogens is 2. The first-order valence-electron chi connectivity index (χ1n) is 5.48. The van der Waals surface area contributed by atoms with Crippen LogP contribution in [0.15, 0.2) is 18.2 Å². The van der Waals surface area contributed by atoms with Gasteiger partial charge in [0.05, 0.1) is 10.6 Å². The molecule has 0 aliphatic carbocycles. The molecule has 5 heteroatoms. The molecule has 0 saturated heterocycles. The average Bonchev–Trinajstić information content (AvgIpc) is 2.32. The van der Waals surface area contributed by atoms with E-state index in [4.69, 9.17) is 17.3 Å². The fourth-order valence-electron chi connectivity index (χ4n) is 1.40. The maximum Gasteiger partial charge on any atom is 0.244 e. The second kappa shape index (κ2) is 5.47. The van der Waals surface area contributed by atoms with Gasteiger partial charge in [-0.2, -0.15) is 0 Å². The number of benzene rings is 1. The third-order valence-electron chi connectivity index (χ3n) is 2.89. The number of rotatable bonds is 4. The third-order valence-corrected chi connectivity index (χ3v) is 3.18. The van der Waals surface area contributed by atoms with Crippen molar-refractivity contribution in [3.8, 4) is 0 Å². The molecule has 94 valence electrons. The van der Waals surface area contributed by atoms with Crippen LogP contribution in [-0.4, -0.2) is 11.4 Å². The van der Waals surface area contributed by atoms with Gasteiger partial charge in [0.15, 0.2) is 0 Å². The highest BCUT2D eigenvalue weighted by atomic mass is 35.5. The van der Waals surface area contributed by atoms with Crippen LogP contribution >= 0.6 is 11.6 Å². The lowest BCUT2D eigenvalue weighted by Crippen LogP contribution is -2.50. The van der Waals surface area contributed by atoms with Crippen LogP contribution in [0.2, 0.25) is 5.02 Å². The van der Waals surface area contributed by atoms with Crippen LogP contribution < -0.4 is 11.1 Å². The van der Waals surface area contributed by atoms with E-state index in [0.29, 0.717) is 18.5 Å². The minimum atomic E-state index is -0.902. The highest BCUT2D eigenvalue weighted by molar-refractivity contribution is 6.31. The summed E-state index contributed by atoms with van der Waals surface area (Å²) in [7, 11) is 0. The highest BCUT2D eigenvalue weighted by Gasteiger charge is 2.29. The minimum Gasteiger partial charge on any atom is -0.324 e. The number of hydrogen-bond donors (Lipinski definition) is 2. The lowest BCUT2D eigenvalue weighted by atomic mass is 9.93. The SMILES string of the molecule is CCC(N)(CC)C(=O)Nc1ccc(F)c(Cl)c1. The van der Waals surface area contributed by atoms with Gasteiger partial charge in [0.1, 0.15) is 5.82 Å². The van der Waals surface area contributed by atoms with Crippen molar-refractivity contribution in [3.63, 3.8) is 0 Å². The quantitative estimate of drug-likeness (QED) is 0.872. The summed E-state index contributed by atoms with van der Waals surface area (Å²) < 4.78 is 12.9. The standard InChI is InChI=1S/C12H16ClFN2O/c1-3-12(15,4-2)11(17)16-8-5-6-10(14)9(13)7-8/h5-7H,3-4,15H2,1-2H3,(H,16,17). The molecule has 0 radical (unpaired) electrons. The van der Waals surface area contributed by atoms with E-state index in [1.54, 1.807) is 0 Å². The summed E-state index contributed by atoms with van der Waals surface area (Å²) in [5.74, 6) is -0.806. The molecular weight excluding hydrogens is 243 g/mol. The van der Waals surface area contributed by atoms with Crippen molar-refractivity contribution in [1.82, 2.24) is 0 Å². The fourth-order valence-corrected chi connectivity index (χ4v) is 1.58. The molecule has 0 unspecified atom stereocenters. The number of nitrogens with two attached hydrogens (primary N) is 1. The van der Waals surface area contributed by atoms with Crippen molar-refractivity contribution in [1.29, 1.82) is 0 Å². The lowest BCUT2D eigenvalue weighted by molar-refractivity contribution is -0.121. The topological polar surface area (TPSA) is 55.1 Å². The van der Waals surface area contributed by atoms with Crippen LogP contribution in [0.5, 0.6) is 0 Å². The molecule has 1 amide bonds. The maximum absolute atomic E-state index is 12.9. The summed E-state index contributed by atoms with van der Waals surface area (Å²) in [4.78, 5) is 11.9. The molecule has 1 rings (SSSR count). The molecule has 0 saturated carbocycles. The Morgan fingerprint density at radius 1 is 1.47 bits per heavy atom. The van der Waals surface area contributed by atoms with E-state index in [-0.39, 0.29) is 10.9 Å². The molecule has 0 heterocycles. The summed E-state index contributed by atoms with van der Waals surface area (Å²) in [5.41, 5.74) is 5.48. The van der Waals surface area contributed by atoms with E-state index in [9.17, 15) is 9.18 Å². The molecule has 3 N–H and O–H groups in total. The van der Waals surface area contributed by atoms with Gasteiger partial charge in [-0.25, -0.2) is 4.39 Å². The molecule has 0 bridgehead atoms. The number of hydrogen-bond acceptors (Lipinski definition) is 2. The first kappa shape index (κ1) is 13.9. The van der Waals surface area contributed by atoms with Crippen LogP contribution in [0.1, 0.15) is 26.7 Å². The van der Waals surface area contributed by atoms with Crippen LogP contribution in [0.4, 0.5) is 10.1 Å². The molecule has 3 nitrogen and oxygen atoms in total. The van der Waals surface area contributed by atoms with Crippen molar-refractivity contribution in [3.05, 3.63) is 29.0 Å². The fraction of sp³-hybridized carbons (Fsp3) is 0.417. The van der Waals surface area contributed by atoms with Gasteiger partial charge in [-0.05, 0) is 31.0 Å². The Morgan fingerprint density at radius 2 is 2.06 bits per heavy atom. The Morgan fingerprint density at radius 3 is 2.53 bits per heavy atom. The summed E-state index contributed by atoms with van der Waals surface area (Å²) in [6.45, 7) is 3.70. The molecule has 0 aliphatic heterocycles. The molecule has 0 spiro atoms. The van der Waals surface area contributed by atoms with Gasteiger partial charge in [-0.1, -0.05) is 25.4 Å². The van der Waals surface area contributed by atoms with Gasteiger partial charge in [0.25, 0.3) is 0 Å². The van der Waals surface area contributed by atoms with Gasteiger partial charge in [0, 0.05) is 5.69 Å². The molecule has 0 aliphatic rings. The number of anilines is 1. The van der Waals surface area contributed by atoms with Crippen molar-refractivity contribution < 1.29 is 9.18 Å². The predicted octanol–water partition coefficient (Wildman–Crippen LogP) is 2.94. The zero-order valence-electron chi connectivity index (χ0n) is 9.89. The van der Waals surface area contributed by atoms with Crippen LogP contribution in [0.25, 0.3) is 0 Å². The predicted molar refractivity (Wildman–Crippen MR) is 67.5 cm³/mol. The van der Waals surface area contributed by atoms with Crippen molar-refractivity contribution in [2.45, 2.75) is 32.2 Å². The maximum atomic E-state index is 12.9.